The van der Waals surface area contributed by atoms with Crippen molar-refractivity contribution in [3.8, 4) is 6.07 Å². The molecule has 0 bridgehead atoms. The van der Waals surface area contributed by atoms with Crippen LogP contribution in [0.15, 0.2) is 0 Å². The summed E-state index contributed by atoms with van der Waals surface area (Å²) in [4.78, 5) is 11.0. The van der Waals surface area contributed by atoms with E-state index in [-0.39, 0.29) is 0 Å². The van der Waals surface area contributed by atoms with E-state index in [4.69, 9.17) is 5.26 Å². The summed E-state index contributed by atoms with van der Waals surface area (Å²) in [6, 6.07) is 2.16. The fourth-order valence-corrected chi connectivity index (χ4v) is 2.42. The highest BCUT2D eigenvalue weighted by atomic mass is 32.2. The highest BCUT2D eigenvalue weighted by Gasteiger charge is 2.34. The number of thioether (sulfide) groups is 1. The number of hydrogen-bond acceptors (Lipinski definition) is 4. The molecule has 4 nitrogen and oxygen atoms in total. The highest BCUT2D eigenvalue weighted by molar-refractivity contribution is 7.99. The molecule has 0 spiro atoms. The fraction of sp³-hybridized carbons (Fsp3) is 0.750. The van der Waals surface area contributed by atoms with E-state index in [0.29, 0.717) is 12.8 Å². The van der Waals surface area contributed by atoms with Gasteiger partial charge in [0.1, 0.15) is 5.54 Å². The number of nitrogens with zero attached hydrogens (tertiary/aromatic N) is 1. The molecule has 0 radical (unpaired) electrons. The topological polar surface area (TPSA) is 62.1 Å². The van der Waals surface area contributed by atoms with Crippen LogP contribution in [-0.4, -0.2) is 30.2 Å². The van der Waals surface area contributed by atoms with Gasteiger partial charge in [-0.3, -0.25) is 0 Å². The summed E-state index contributed by atoms with van der Waals surface area (Å²) in [5, 5.41) is 11.6. The molecule has 0 saturated carbocycles. The normalized spacial score (nSPS) is 20.0. The summed E-state index contributed by atoms with van der Waals surface area (Å²) in [6.07, 6.45) is 0.875. The van der Waals surface area contributed by atoms with Gasteiger partial charge in [-0.25, -0.2) is 4.79 Å². The first-order chi connectivity index (χ1) is 6.22. The lowest BCUT2D eigenvalue weighted by atomic mass is 9.94. The number of ether oxygens (including phenoxy) is 1. The van der Waals surface area contributed by atoms with Gasteiger partial charge < -0.3 is 10.1 Å². The Morgan fingerprint density at radius 1 is 1.62 bits per heavy atom. The Balaban J connectivity index is 2.59. The number of methoxy groups -OCH3 is 1. The van der Waals surface area contributed by atoms with Crippen LogP contribution < -0.4 is 5.32 Å². The average Bonchev–Trinajstić information content (AvgIpc) is 2.19. The Labute approximate surface area is 81.6 Å². The summed E-state index contributed by atoms with van der Waals surface area (Å²) >= 11 is 1.80. The van der Waals surface area contributed by atoms with Gasteiger partial charge in [0.05, 0.1) is 13.2 Å². The quantitative estimate of drug-likeness (QED) is 0.689. The van der Waals surface area contributed by atoms with Crippen LogP contribution in [0.1, 0.15) is 12.8 Å². The third-order valence-electron chi connectivity index (χ3n) is 2.09. The lowest BCUT2D eigenvalue weighted by Crippen LogP contribution is -2.49. The summed E-state index contributed by atoms with van der Waals surface area (Å²) in [5.74, 6) is 1.83. The molecule has 1 fully saturated rings. The highest BCUT2D eigenvalue weighted by Crippen LogP contribution is 2.26. The molecule has 0 aromatic rings. The first-order valence-electron chi connectivity index (χ1n) is 4.07. The van der Waals surface area contributed by atoms with Crippen LogP contribution in [0.3, 0.4) is 0 Å². The Kier molecular flexibility index (Phi) is 3.43. The molecule has 5 heteroatoms. The van der Waals surface area contributed by atoms with E-state index in [1.807, 2.05) is 0 Å². The van der Waals surface area contributed by atoms with Gasteiger partial charge in [0.2, 0.25) is 0 Å². The van der Waals surface area contributed by atoms with Gasteiger partial charge in [-0.1, -0.05) is 0 Å². The monoisotopic (exact) mass is 200 g/mol. The number of carbonyl (C=O) groups excluding carboxylic acids is 1. The molecule has 0 unspecified atom stereocenters. The van der Waals surface area contributed by atoms with Crippen LogP contribution >= 0.6 is 11.8 Å². The SMILES string of the molecule is COC(=O)NC1(C#N)CCSCC1. The molecule has 0 aromatic carbocycles. The molecule has 1 amide bonds. The number of rotatable bonds is 1. The third-order valence-corrected chi connectivity index (χ3v) is 3.07. The first-order valence-corrected chi connectivity index (χ1v) is 5.23. The van der Waals surface area contributed by atoms with Crippen molar-refractivity contribution in [2.24, 2.45) is 0 Å². The standard InChI is InChI=1S/C8H12N2O2S/c1-12-7(11)10-8(6-9)2-4-13-5-3-8/h2-5H2,1H3,(H,10,11). The molecule has 0 aromatic heterocycles. The maximum absolute atomic E-state index is 11.0. The summed E-state index contributed by atoms with van der Waals surface area (Å²) in [5.41, 5.74) is -0.696. The molecule has 1 aliphatic heterocycles. The Bertz CT molecular complexity index is 231. The molecular weight excluding hydrogens is 188 g/mol. The van der Waals surface area contributed by atoms with E-state index in [1.165, 1.54) is 7.11 Å². The van der Waals surface area contributed by atoms with Crippen molar-refractivity contribution in [3.63, 3.8) is 0 Å². The van der Waals surface area contributed by atoms with E-state index < -0.39 is 11.6 Å². The van der Waals surface area contributed by atoms with Crippen molar-refractivity contribution in [1.29, 1.82) is 5.26 Å². The average molecular weight is 200 g/mol. The minimum atomic E-state index is -0.696. The molecule has 1 aliphatic rings. The first kappa shape index (κ1) is 10.2. The zero-order valence-electron chi connectivity index (χ0n) is 7.50. The Morgan fingerprint density at radius 3 is 2.69 bits per heavy atom. The molecule has 0 atom stereocenters. The maximum atomic E-state index is 11.0. The third kappa shape index (κ3) is 2.52. The van der Waals surface area contributed by atoms with Gasteiger partial charge in [0, 0.05) is 0 Å². The molecule has 1 N–H and O–H groups in total. The lowest BCUT2D eigenvalue weighted by Gasteiger charge is -2.30. The fourth-order valence-electron chi connectivity index (χ4n) is 1.23. The second kappa shape index (κ2) is 4.38. The molecule has 1 heterocycles. The number of alkyl carbamates (subject to hydrolysis) is 1. The second-order valence-corrected chi connectivity index (χ2v) is 4.15. The number of nitriles is 1. The van der Waals surface area contributed by atoms with Crippen LogP contribution in [-0.2, 0) is 4.74 Å². The van der Waals surface area contributed by atoms with Crippen molar-refractivity contribution in [3.05, 3.63) is 0 Å². The van der Waals surface area contributed by atoms with Gasteiger partial charge in [-0.05, 0) is 24.3 Å². The van der Waals surface area contributed by atoms with Crippen LogP contribution in [0.5, 0.6) is 0 Å². The lowest BCUT2D eigenvalue weighted by molar-refractivity contribution is 0.160. The van der Waals surface area contributed by atoms with E-state index in [1.54, 1.807) is 11.8 Å². The van der Waals surface area contributed by atoms with Crippen molar-refractivity contribution >= 4 is 17.9 Å². The molecule has 72 valence electrons. The van der Waals surface area contributed by atoms with E-state index >= 15 is 0 Å². The zero-order valence-corrected chi connectivity index (χ0v) is 8.32. The van der Waals surface area contributed by atoms with Crippen molar-refractivity contribution < 1.29 is 9.53 Å². The number of amides is 1. The van der Waals surface area contributed by atoms with Crippen molar-refractivity contribution in [2.75, 3.05) is 18.6 Å². The minimum Gasteiger partial charge on any atom is -0.453 e. The van der Waals surface area contributed by atoms with Crippen molar-refractivity contribution in [1.82, 2.24) is 5.32 Å². The van der Waals surface area contributed by atoms with Crippen LogP contribution in [0, 0.1) is 11.3 Å². The zero-order chi connectivity index (χ0) is 9.73. The predicted octanol–water partition coefficient (Wildman–Crippen LogP) is 1.13. The maximum Gasteiger partial charge on any atom is 0.408 e. The van der Waals surface area contributed by atoms with Gasteiger partial charge in [0.25, 0.3) is 0 Å². The number of nitrogens with one attached hydrogen (secondary N) is 1. The van der Waals surface area contributed by atoms with Crippen LogP contribution in [0.2, 0.25) is 0 Å². The largest absolute Gasteiger partial charge is 0.453 e. The van der Waals surface area contributed by atoms with Gasteiger partial charge in [-0.15, -0.1) is 0 Å². The van der Waals surface area contributed by atoms with Crippen LogP contribution in [0.25, 0.3) is 0 Å². The Morgan fingerprint density at radius 2 is 2.23 bits per heavy atom. The summed E-state index contributed by atoms with van der Waals surface area (Å²) in [7, 11) is 1.30. The summed E-state index contributed by atoms with van der Waals surface area (Å²) < 4.78 is 4.47. The van der Waals surface area contributed by atoms with Gasteiger partial charge in [-0.2, -0.15) is 17.0 Å². The molecule has 1 rings (SSSR count). The molecule has 13 heavy (non-hydrogen) atoms. The van der Waals surface area contributed by atoms with E-state index in [2.05, 4.69) is 16.1 Å². The Hall–Kier alpha value is -0.890. The molecular formula is C8H12N2O2S. The summed E-state index contributed by atoms with van der Waals surface area (Å²) in [6.45, 7) is 0. The van der Waals surface area contributed by atoms with E-state index in [0.717, 1.165) is 11.5 Å². The minimum absolute atomic E-state index is 0.520. The number of carbonyl (C=O) groups is 1. The molecule has 0 aliphatic carbocycles. The molecule has 1 saturated heterocycles. The number of hydrogen-bond donors (Lipinski definition) is 1. The van der Waals surface area contributed by atoms with Gasteiger partial charge >= 0.3 is 6.09 Å². The predicted molar refractivity (Wildman–Crippen MR) is 50.4 cm³/mol. The smallest absolute Gasteiger partial charge is 0.408 e. The van der Waals surface area contributed by atoms with Crippen molar-refractivity contribution in [2.45, 2.75) is 18.4 Å². The van der Waals surface area contributed by atoms with E-state index in [9.17, 15) is 4.79 Å². The second-order valence-electron chi connectivity index (χ2n) is 2.92. The van der Waals surface area contributed by atoms with Crippen LogP contribution in [0.4, 0.5) is 4.79 Å². The van der Waals surface area contributed by atoms with Gasteiger partial charge in [0.15, 0.2) is 0 Å².